The van der Waals surface area contributed by atoms with Gasteiger partial charge >= 0.3 is 0 Å². The van der Waals surface area contributed by atoms with Crippen molar-refractivity contribution in [3.8, 4) is 44.8 Å². The molecule has 2 nitrogen and oxygen atoms in total. The molecule has 0 bridgehead atoms. The van der Waals surface area contributed by atoms with Gasteiger partial charge in [-0.05, 0) is 74.1 Å². The lowest BCUT2D eigenvalue weighted by molar-refractivity contribution is 1.31. The van der Waals surface area contributed by atoms with E-state index < -0.39 is 0 Å². The molecule has 0 N–H and O–H groups in total. The second-order valence-electron chi connectivity index (χ2n) is 15.6. The Balaban J connectivity index is 1.18. The van der Waals surface area contributed by atoms with E-state index in [-0.39, 0.29) is 0 Å². The third-order valence-corrected chi connectivity index (χ3v) is 14.7. The second-order valence-corrected chi connectivity index (χ2v) is 17.7. The van der Waals surface area contributed by atoms with Crippen LogP contribution in [0, 0.1) is 0 Å². The Kier molecular flexibility index (Phi) is 7.38. The van der Waals surface area contributed by atoms with Crippen LogP contribution in [0.2, 0.25) is 0 Å². The van der Waals surface area contributed by atoms with Crippen LogP contribution in [0.1, 0.15) is 0 Å². The van der Waals surface area contributed by atoms with Gasteiger partial charge in [-0.15, -0.1) is 22.7 Å². The molecule has 0 aliphatic heterocycles. The molecule has 278 valence electrons. The first-order chi connectivity index (χ1) is 29.7. The highest BCUT2D eigenvalue weighted by molar-refractivity contribution is 7.26. The van der Waals surface area contributed by atoms with Gasteiger partial charge in [-0.1, -0.05) is 164 Å². The molecule has 60 heavy (non-hydrogen) atoms. The molecular weight excluding hydrogens is 765 g/mol. The van der Waals surface area contributed by atoms with Crippen molar-refractivity contribution in [1.29, 1.82) is 0 Å². The largest absolute Gasteiger partial charge is 0.243 e. The maximum Gasteiger partial charge on any atom is 0.0979 e. The van der Waals surface area contributed by atoms with Gasteiger partial charge in [0.2, 0.25) is 0 Å². The zero-order valence-corrected chi connectivity index (χ0v) is 33.8. The Morgan fingerprint density at radius 1 is 0.283 bits per heavy atom. The predicted octanol–water partition coefficient (Wildman–Crippen LogP) is 16.5. The summed E-state index contributed by atoms with van der Waals surface area (Å²) in [6.45, 7) is 0. The molecule has 0 spiro atoms. The number of thiophene rings is 2. The normalized spacial score (nSPS) is 12.0. The van der Waals surface area contributed by atoms with E-state index in [4.69, 9.17) is 9.97 Å². The summed E-state index contributed by atoms with van der Waals surface area (Å²) in [4.78, 5) is 11.6. The maximum absolute atomic E-state index is 5.81. The van der Waals surface area contributed by atoms with Gasteiger partial charge in [0.25, 0.3) is 0 Å². The van der Waals surface area contributed by atoms with Crippen LogP contribution < -0.4 is 0 Å². The zero-order chi connectivity index (χ0) is 39.3. The van der Waals surface area contributed by atoms with E-state index in [1.165, 1.54) is 67.6 Å². The van der Waals surface area contributed by atoms with Crippen LogP contribution in [0.4, 0.5) is 0 Å². The van der Waals surface area contributed by atoms with Crippen molar-refractivity contribution in [3.05, 3.63) is 194 Å². The molecule has 3 heterocycles. The Hall–Kier alpha value is -7.24. The van der Waals surface area contributed by atoms with Crippen molar-refractivity contribution >= 4 is 106 Å². The fraction of sp³-hybridized carbons (Fsp3) is 0. The minimum atomic E-state index is 0.870. The van der Waals surface area contributed by atoms with Gasteiger partial charge in [0.05, 0.1) is 22.4 Å². The molecule has 0 amide bonds. The lowest BCUT2D eigenvalue weighted by Gasteiger charge is -2.17. The molecule has 13 aromatic rings. The summed E-state index contributed by atoms with van der Waals surface area (Å²) in [6, 6.07) is 70.7. The van der Waals surface area contributed by atoms with Crippen LogP contribution in [0.3, 0.4) is 0 Å². The first-order valence-electron chi connectivity index (χ1n) is 20.3. The van der Waals surface area contributed by atoms with Crippen molar-refractivity contribution in [1.82, 2.24) is 9.97 Å². The van der Waals surface area contributed by atoms with Gasteiger partial charge in [-0.2, -0.15) is 0 Å². The Labute approximate surface area is 353 Å². The lowest BCUT2D eigenvalue weighted by Crippen LogP contribution is -1.99. The van der Waals surface area contributed by atoms with Crippen molar-refractivity contribution in [3.63, 3.8) is 0 Å². The molecule has 3 aromatic heterocycles. The number of hydrogen-bond acceptors (Lipinski definition) is 4. The Bertz CT molecular complexity index is 3770. The molecule has 0 aliphatic rings. The highest BCUT2D eigenvalue weighted by Crippen LogP contribution is 2.46. The van der Waals surface area contributed by atoms with Crippen LogP contribution in [-0.2, 0) is 0 Å². The molecule has 0 unspecified atom stereocenters. The van der Waals surface area contributed by atoms with Crippen molar-refractivity contribution in [2.45, 2.75) is 0 Å². The van der Waals surface area contributed by atoms with Crippen LogP contribution >= 0.6 is 22.7 Å². The maximum atomic E-state index is 5.81. The average Bonchev–Trinajstić information content (AvgIpc) is 3.90. The van der Waals surface area contributed by atoms with Gasteiger partial charge in [0.1, 0.15) is 0 Å². The molecule has 0 atom stereocenters. The molecule has 0 saturated carbocycles. The summed E-state index contributed by atoms with van der Waals surface area (Å²) in [5, 5.41) is 12.1. The highest BCUT2D eigenvalue weighted by atomic mass is 32.1. The predicted molar refractivity (Wildman–Crippen MR) is 260 cm³/mol. The first-order valence-corrected chi connectivity index (χ1v) is 21.9. The lowest BCUT2D eigenvalue weighted by atomic mass is 9.91. The summed E-state index contributed by atoms with van der Waals surface area (Å²) in [7, 11) is 0. The van der Waals surface area contributed by atoms with Crippen LogP contribution in [0.25, 0.3) is 128 Å². The summed E-state index contributed by atoms with van der Waals surface area (Å²) < 4.78 is 5.17. The average molecular weight is 797 g/mol. The van der Waals surface area contributed by atoms with Crippen LogP contribution in [-0.4, -0.2) is 9.97 Å². The quantitative estimate of drug-likeness (QED) is 0.166. The van der Waals surface area contributed by atoms with Crippen molar-refractivity contribution < 1.29 is 0 Å². The number of benzene rings is 10. The number of rotatable bonds is 4. The smallest absolute Gasteiger partial charge is 0.0979 e. The van der Waals surface area contributed by atoms with Crippen molar-refractivity contribution in [2.24, 2.45) is 0 Å². The topological polar surface area (TPSA) is 25.8 Å². The third-order valence-electron chi connectivity index (χ3n) is 12.2. The molecule has 10 aromatic carbocycles. The monoisotopic (exact) mass is 796 g/mol. The Morgan fingerprint density at radius 2 is 0.683 bits per heavy atom. The highest BCUT2D eigenvalue weighted by Gasteiger charge is 2.22. The van der Waals surface area contributed by atoms with E-state index in [9.17, 15) is 0 Å². The van der Waals surface area contributed by atoms with Crippen LogP contribution in [0.15, 0.2) is 194 Å². The van der Waals surface area contributed by atoms with E-state index in [2.05, 4.69) is 194 Å². The molecule has 0 aliphatic carbocycles. The molecule has 4 heteroatoms. The van der Waals surface area contributed by atoms with E-state index >= 15 is 0 Å². The third kappa shape index (κ3) is 5.05. The molecular formula is C56H32N2S2. The summed E-state index contributed by atoms with van der Waals surface area (Å²) in [5.41, 5.74) is 10.4. The van der Waals surface area contributed by atoms with Crippen LogP contribution in [0.5, 0.6) is 0 Å². The van der Waals surface area contributed by atoms with Gasteiger partial charge in [-0.3, -0.25) is 0 Å². The minimum absolute atomic E-state index is 0.870. The first kappa shape index (κ1) is 33.7. The summed E-state index contributed by atoms with van der Waals surface area (Å²) in [5.74, 6) is 0. The Morgan fingerprint density at radius 3 is 1.27 bits per heavy atom. The second kappa shape index (κ2) is 13.1. The SMILES string of the molecule is c1ccc2c(-c3nc4c5ccccc5c5ccccc5c4nc3-c3cc(-c4cccc5c4sc4ccccc45)cc(-c4cccc5c4sc4ccccc45)c3)cccc2c1. The number of nitrogens with zero attached hydrogens (tertiary/aromatic N) is 2. The zero-order valence-electron chi connectivity index (χ0n) is 32.2. The molecule has 0 fully saturated rings. The standard InChI is InChI=1S/C56H32N2S2/c1-2-16-37-33(14-1)15-11-25-44(37)52-51(57-53-45-21-5-3-17-40(45)41-18-4-6-22-46(41)54(53)58-52)36-31-34(38-23-12-26-47-42-19-7-9-28-49(42)59-55(38)47)30-35(32-36)39-24-13-27-48-43-20-8-10-29-50(43)60-56(39)48/h1-32H. The van der Waals surface area contributed by atoms with Gasteiger partial charge < -0.3 is 0 Å². The van der Waals surface area contributed by atoms with E-state index in [1.807, 2.05) is 22.7 Å². The molecule has 13 rings (SSSR count). The molecule has 0 radical (unpaired) electrons. The van der Waals surface area contributed by atoms with Crippen molar-refractivity contribution in [2.75, 3.05) is 0 Å². The minimum Gasteiger partial charge on any atom is -0.243 e. The fourth-order valence-corrected chi connectivity index (χ4v) is 12.0. The number of hydrogen-bond donors (Lipinski definition) is 0. The fourth-order valence-electron chi connectivity index (χ4n) is 9.51. The summed E-state index contributed by atoms with van der Waals surface area (Å²) >= 11 is 3.74. The number of fused-ring (bicyclic) bond motifs is 13. The van der Waals surface area contributed by atoms with Gasteiger partial charge in [-0.25, -0.2) is 9.97 Å². The van der Waals surface area contributed by atoms with E-state index in [0.717, 1.165) is 60.8 Å². The van der Waals surface area contributed by atoms with Gasteiger partial charge in [0, 0.05) is 62.2 Å². The summed E-state index contributed by atoms with van der Waals surface area (Å²) in [6.07, 6.45) is 0. The molecule has 0 saturated heterocycles. The number of aromatic nitrogens is 2. The van der Waals surface area contributed by atoms with E-state index in [1.54, 1.807) is 0 Å². The van der Waals surface area contributed by atoms with E-state index in [0.29, 0.717) is 0 Å². The van der Waals surface area contributed by atoms with Gasteiger partial charge in [0.15, 0.2) is 0 Å².